The van der Waals surface area contributed by atoms with E-state index < -0.39 is 0 Å². The summed E-state index contributed by atoms with van der Waals surface area (Å²) in [6.07, 6.45) is 3.46. The number of nitrogens with one attached hydrogen (secondary N) is 1. The second kappa shape index (κ2) is 6.88. The zero-order valence-corrected chi connectivity index (χ0v) is 11.7. The number of nitrogens with zero attached hydrogens (tertiary/aromatic N) is 1. The molecule has 0 aliphatic rings. The van der Waals surface area contributed by atoms with Crippen molar-refractivity contribution < 1.29 is 9.47 Å². The molecule has 0 aliphatic carbocycles. The predicted molar refractivity (Wildman–Crippen MR) is 77.6 cm³/mol. The SMILES string of the molecule is CCOc1cncc(C(NN)c2ccc(OC)cc2)c1. The number of hydrazine groups is 1. The fourth-order valence-corrected chi connectivity index (χ4v) is 2.02. The summed E-state index contributed by atoms with van der Waals surface area (Å²) >= 11 is 0. The molecule has 5 heteroatoms. The summed E-state index contributed by atoms with van der Waals surface area (Å²) in [6, 6.07) is 9.53. The van der Waals surface area contributed by atoms with Crippen LogP contribution < -0.4 is 20.7 Å². The number of aromatic nitrogens is 1. The molecule has 0 saturated carbocycles. The monoisotopic (exact) mass is 273 g/mol. The van der Waals surface area contributed by atoms with Gasteiger partial charge in [0.05, 0.1) is 26.0 Å². The summed E-state index contributed by atoms with van der Waals surface area (Å²) < 4.78 is 10.6. The Kier molecular flexibility index (Phi) is 4.92. The van der Waals surface area contributed by atoms with Crippen LogP contribution in [0.1, 0.15) is 24.1 Å². The molecule has 0 fully saturated rings. The Labute approximate surface area is 118 Å². The first-order valence-corrected chi connectivity index (χ1v) is 6.46. The van der Waals surface area contributed by atoms with Gasteiger partial charge >= 0.3 is 0 Å². The van der Waals surface area contributed by atoms with E-state index in [9.17, 15) is 0 Å². The maximum absolute atomic E-state index is 5.68. The Hall–Kier alpha value is -2.11. The van der Waals surface area contributed by atoms with Gasteiger partial charge in [0, 0.05) is 6.20 Å². The van der Waals surface area contributed by atoms with Crippen molar-refractivity contribution in [1.82, 2.24) is 10.4 Å². The van der Waals surface area contributed by atoms with E-state index in [0.717, 1.165) is 22.6 Å². The molecule has 106 valence electrons. The van der Waals surface area contributed by atoms with E-state index in [0.29, 0.717) is 6.61 Å². The van der Waals surface area contributed by atoms with E-state index in [1.807, 2.05) is 37.3 Å². The van der Waals surface area contributed by atoms with Crippen molar-refractivity contribution in [3.05, 3.63) is 53.9 Å². The van der Waals surface area contributed by atoms with Crippen LogP contribution in [-0.4, -0.2) is 18.7 Å². The lowest BCUT2D eigenvalue weighted by Crippen LogP contribution is -2.28. The maximum Gasteiger partial charge on any atom is 0.137 e. The largest absolute Gasteiger partial charge is 0.497 e. The van der Waals surface area contributed by atoms with Gasteiger partial charge in [0.15, 0.2) is 0 Å². The number of methoxy groups -OCH3 is 1. The van der Waals surface area contributed by atoms with E-state index >= 15 is 0 Å². The van der Waals surface area contributed by atoms with Crippen molar-refractivity contribution in [2.75, 3.05) is 13.7 Å². The molecule has 2 rings (SSSR count). The third kappa shape index (κ3) is 3.26. The van der Waals surface area contributed by atoms with E-state index in [2.05, 4.69) is 10.4 Å². The van der Waals surface area contributed by atoms with Crippen LogP contribution in [0.2, 0.25) is 0 Å². The van der Waals surface area contributed by atoms with Crippen LogP contribution in [0.5, 0.6) is 11.5 Å². The summed E-state index contributed by atoms with van der Waals surface area (Å²) in [5.41, 5.74) is 4.78. The first kappa shape index (κ1) is 14.3. The number of hydrogen-bond donors (Lipinski definition) is 2. The molecule has 1 unspecified atom stereocenters. The van der Waals surface area contributed by atoms with Crippen LogP contribution in [0.15, 0.2) is 42.7 Å². The third-order valence-corrected chi connectivity index (χ3v) is 2.99. The van der Waals surface area contributed by atoms with Crippen molar-refractivity contribution in [3.8, 4) is 11.5 Å². The third-order valence-electron chi connectivity index (χ3n) is 2.99. The van der Waals surface area contributed by atoms with E-state index in [4.69, 9.17) is 15.3 Å². The van der Waals surface area contributed by atoms with Gasteiger partial charge < -0.3 is 9.47 Å². The summed E-state index contributed by atoms with van der Waals surface area (Å²) in [6.45, 7) is 2.54. The van der Waals surface area contributed by atoms with Crippen molar-refractivity contribution in [3.63, 3.8) is 0 Å². The normalized spacial score (nSPS) is 11.9. The summed E-state index contributed by atoms with van der Waals surface area (Å²) in [5, 5.41) is 0. The molecule has 0 spiro atoms. The highest BCUT2D eigenvalue weighted by molar-refractivity contribution is 5.36. The number of nitrogens with two attached hydrogens (primary N) is 1. The number of ether oxygens (including phenoxy) is 2. The predicted octanol–water partition coefficient (Wildman–Crippen LogP) is 2.04. The summed E-state index contributed by atoms with van der Waals surface area (Å²) in [5.74, 6) is 7.23. The standard InChI is InChI=1S/C15H19N3O2/c1-3-20-14-8-12(9-17-10-14)15(18-16)11-4-6-13(19-2)7-5-11/h4-10,15,18H,3,16H2,1-2H3. The van der Waals surface area contributed by atoms with Gasteiger partial charge in [-0.2, -0.15) is 0 Å². The number of rotatable bonds is 6. The lowest BCUT2D eigenvalue weighted by atomic mass is 10.0. The molecular weight excluding hydrogens is 254 g/mol. The highest BCUT2D eigenvalue weighted by Crippen LogP contribution is 2.25. The Balaban J connectivity index is 2.28. The molecule has 20 heavy (non-hydrogen) atoms. The molecule has 1 atom stereocenters. The fraction of sp³-hybridized carbons (Fsp3) is 0.267. The van der Waals surface area contributed by atoms with Crippen LogP contribution in [0.4, 0.5) is 0 Å². The number of pyridine rings is 1. The van der Waals surface area contributed by atoms with Crippen LogP contribution in [0, 0.1) is 0 Å². The highest BCUT2D eigenvalue weighted by Gasteiger charge is 2.13. The van der Waals surface area contributed by atoms with Crippen molar-refractivity contribution in [2.45, 2.75) is 13.0 Å². The number of benzene rings is 1. The Morgan fingerprint density at radius 2 is 1.90 bits per heavy atom. The summed E-state index contributed by atoms with van der Waals surface area (Å²) in [4.78, 5) is 4.19. The molecule has 0 saturated heterocycles. The Bertz CT molecular complexity index is 543. The van der Waals surface area contributed by atoms with E-state index in [1.165, 1.54) is 0 Å². The quantitative estimate of drug-likeness (QED) is 0.622. The Morgan fingerprint density at radius 3 is 2.50 bits per heavy atom. The van der Waals surface area contributed by atoms with Crippen LogP contribution in [0.25, 0.3) is 0 Å². The van der Waals surface area contributed by atoms with Gasteiger partial charge in [-0.1, -0.05) is 12.1 Å². The van der Waals surface area contributed by atoms with Crippen molar-refractivity contribution in [1.29, 1.82) is 0 Å². The maximum atomic E-state index is 5.68. The molecule has 2 aromatic rings. The van der Waals surface area contributed by atoms with Gasteiger partial charge in [0.2, 0.25) is 0 Å². The smallest absolute Gasteiger partial charge is 0.137 e. The second-order valence-electron chi connectivity index (χ2n) is 4.26. The average molecular weight is 273 g/mol. The molecule has 5 nitrogen and oxygen atoms in total. The molecule has 0 aliphatic heterocycles. The lowest BCUT2D eigenvalue weighted by Gasteiger charge is -2.17. The van der Waals surface area contributed by atoms with Crippen LogP contribution in [-0.2, 0) is 0 Å². The highest BCUT2D eigenvalue weighted by atomic mass is 16.5. The van der Waals surface area contributed by atoms with Crippen molar-refractivity contribution >= 4 is 0 Å². The van der Waals surface area contributed by atoms with Gasteiger partial charge in [-0.3, -0.25) is 10.8 Å². The van der Waals surface area contributed by atoms with Crippen LogP contribution >= 0.6 is 0 Å². The van der Waals surface area contributed by atoms with E-state index in [1.54, 1.807) is 19.5 Å². The summed E-state index contributed by atoms with van der Waals surface area (Å²) in [7, 11) is 1.64. The fourth-order valence-electron chi connectivity index (χ4n) is 2.02. The molecule has 1 aromatic carbocycles. The molecule has 1 aromatic heterocycles. The minimum absolute atomic E-state index is 0.145. The second-order valence-corrected chi connectivity index (χ2v) is 4.26. The number of hydrogen-bond acceptors (Lipinski definition) is 5. The van der Waals surface area contributed by atoms with Crippen molar-refractivity contribution in [2.24, 2.45) is 5.84 Å². The first-order chi connectivity index (χ1) is 9.78. The lowest BCUT2D eigenvalue weighted by molar-refractivity contribution is 0.338. The molecular formula is C15H19N3O2. The first-order valence-electron chi connectivity index (χ1n) is 6.46. The molecule has 1 heterocycles. The van der Waals surface area contributed by atoms with Gasteiger partial charge in [-0.15, -0.1) is 0 Å². The Morgan fingerprint density at radius 1 is 1.15 bits per heavy atom. The molecule has 3 N–H and O–H groups in total. The average Bonchev–Trinajstić information content (AvgIpc) is 2.49. The van der Waals surface area contributed by atoms with Gasteiger partial charge in [0.1, 0.15) is 11.5 Å². The van der Waals surface area contributed by atoms with Crippen LogP contribution in [0.3, 0.4) is 0 Å². The molecule has 0 radical (unpaired) electrons. The van der Waals surface area contributed by atoms with Gasteiger partial charge in [-0.25, -0.2) is 5.43 Å². The topological polar surface area (TPSA) is 69.4 Å². The minimum Gasteiger partial charge on any atom is -0.497 e. The van der Waals surface area contributed by atoms with Gasteiger partial charge in [-0.05, 0) is 36.2 Å². The minimum atomic E-state index is -0.145. The zero-order chi connectivity index (χ0) is 14.4. The van der Waals surface area contributed by atoms with E-state index in [-0.39, 0.29) is 6.04 Å². The molecule has 0 bridgehead atoms. The molecule has 0 amide bonds. The zero-order valence-electron chi connectivity index (χ0n) is 11.7. The van der Waals surface area contributed by atoms with Gasteiger partial charge in [0.25, 0.3) is 0 Å².